The summed E-state index contributed by atoms with van der Waals surface area (Å²) in [5, 5.41) is 6.65. The number of hydrogen-bond acceptors (Lipinski definition) is 3. The Balaban J connectivity index is 2.03. The Bertz CT molecular complexity index is 458. The van der Waals surface area contributed by atoms with Crippen molar-refractivity contribution in [3.63, 3.8) is 0 Å². The van der Waals surface area contributed by atoms with Crippen LogP contribution in [0.4, 0.5) is 11.4 Å². The summed E-state index contributed by atoms with van der Waals surface area (Å²) in [5.74, 6) is 0.773. The highest BCUT2D eigenvalue weighted by Crippen LogP contribution is 2.18. The minimum atomic E-state index is 0.773. The van der Waals surface area contributed by atoms with E-state index in [1.54, 1.807) is 0 Å². The lowest BCUT2D eigenvalue weighted by Crippen LogP contribution is -2.43. The number of aliphatic imine (C=N–C) groups is 1. The maximum atomic E-state index is 4.21. The summed E-state index contributed by atoms with van der Waals surface area (Å²) in [6.45, 7) is 7.86. The molecule has 0 unspecified atom stereocenters. The molecule has 2 N–H and O–H groups in total. The van der Waals surface area contributed by atoms with Crippen LogP contribution < -0.4 is 15.5 Å². The Labute approximate surface area is 121 Å². The van der Waals surface area contributed by atoms with E-state index in [4.69, 9.17) is 0 Å². The van der Waals surface area contributed by atoms with E-state index < -0.39 is 0 Å². The summed E-state index contributed by atoms with van der Waals surface area (Å²) in [6.07, 6.45) is 1.54. The van der Waals surface area contributed by atoms with E-state index in [2.05, 4.69) is 51.4 Å². The molecule has 1 aromatic rings. The molecule has 0 amide bonds. The topological polar surface area (TPSA) is 42.9 Å². The third-order valence-corrected chi connectivity index (χ3v) is 3.24. The predicted octanol–water partition coefficient (Wildman–Crippen LogP) is 1.57. The van der Waals surface area contributed by atoms with Crippen molar-refractivity contribution in [1.29, 1.82) is 0 Å². The number of piperazine rings is 1. The van der Waals surface area contributed by atoms with Gasteiger partial charge < -0.3 is 20.4 Å². The number of nitrogens with zero attached hydrogens (tertiary/aromatic N) is 3. The van der Waals surface area contributed by atoms with E-state index in [0.29, 0.717) is 0 Å². The van der Waals surface area contributed by atoms with Gasteiger partial charge in [0.1, 0.15) is 0 Å². The third kappa shape index (κ3) is 3.74. The Morgan fingerprint density at radius 2 is 1.95 bits per heavy atom. The molecule has 1 aromatic carbocycles. The first kappa shape index (κ1) is 14.4. The molecule has 108 valence electrons. The standard InChI is InChI=1S/C15H23N5/c1-4-17-15(19(2)3)18-13-5-7-14(8-6-13)20-11-9-16-10-12-20/h4-8,16H,1,9-12H2,2-3H3,(H,17,18). The van der Waals surface area contributed by atoms with E-state index in [0.717, 1.165) is 37.8 Å². The molecule has 0 radical (unpaired) electrons. The number of benzene rings is 1. The van der Waals surface area contributed by atoms with Crippen LogP contribution in [-0.4, -0.2) is 51.1 Å². The zero-order chi connectivity index (χ0) is 14.4. The molecule has 1 heterocycles. The summed E-state index contributed by atoms with van der Waals surface area (Å²) in [5.41, 5.74) is 2.29. The molecule has 2 rings (SSSR count). The number of nitrogens with one attached hydrogen (secondary N) is 2. The lowest BCUT2D eigenvalue weighted by Gasteiger charge is -2.29. The van der Waals surface area contributed by atoms with Crippen molar-refractivity contribution in [1.82, 2.24) is 10.2 Å². The Morgan fingerprint density at radius 3 is 2.50 bits per heavy atom. The maximum absolute atomic E-state index is 4.21. The Morgan fingerprint density at radius 1 is 1.30 bits per heavy atom. The van der Waals surface area contributed by atoms with Gasteiger partial charge in [-0.25, -0.2) is 4.99 Å². The summed E-state index contributed by atoms with van der Waals surface area (Å²) < 4.78 is 0. The van der Waals surface area contributed by atoms with E-state index in [-0.39, 0.29) is 0 Å². The van der Waals surface area contributed by atoms with E-state index in [1.165, 1.54) is 11.9 Å². The van der Waals surface area contributed by atoms with Gasteiger partial charge in [-0.3, -0.25) is 0 Å². The first-order valence-corrected chi connectivity index (χ1v) is 6.89. The van der Waals surface area contributed by atoms with E-state index in [1.807, 2.05) is 19.0 Å². The Hall–Kier alpha value is -2.01. The average molecular weight is 273 g/mol. The highest BCUT2D eigenvalue weighted by atomic mass is 15.3. The van der Waals surface area contributed by atoms with Gasteiger partial charge in [-0.05, 0) is 24.3 Å². The molecule has 1 aliphatic heterocycles. The SMILES string of the molecule is C=C/N=C(/Nc1ccc(N2CCNCC2)cc1)N(C)C. The number of rotatable bonds is 3. The van der Waals surface area contributed by atoms with Gasteiger partial charge >= 0.3 is 0 Å². The van der Waals surface area contributed by atoms with Gasteiger partial charge in [0, 0.05) is 57.8 Å². The second-order valence-electron chi connectivity index (χ2n) is 4.94. The molecule has 1 saturated heterocycles. The molecule has 1 aliphatic rings. The first-order valence-electron chi connectivity index (χ1n) is 6.89. The second kappa shape index (κ2) is 6.96. The minimum absolute atomic E-state index is 0.773. The molecule has 0 saturated carbocycles. The van der Waals surface area contributed by atoms with Crippen molar-refractivity contribution < 1.29 is 0 Å². The first-order chi connectivity index (χ1) is 9.70. The van der Waals surface area contributed by atoms with Gasteiger partial charge in [-0.15, -0.1) is 0 Å². The molecule has 0 bridgehead atoms. The van der Waals surface area contributed by atoms with Crippen LogP contribution in [0.25, 0.3) is 0 Å². The van der Waals surface area contributed by atoms with Gasteiger partial charge in [0.25, 0.3) is 0 Å². The monoisotopic (exact) mass is 273 g/mol. The average Bonchev–Trinajstić information content (AvgIpc) is 2.48. The summed E-state index contributed by atoms with van der Waals surface area (Å²) in [7, 11) is 3.90. The van der Waals surface area contributed by atoms with Gasteiger partial charge in [0.05, 0.1) is 0 Å². The molecular formula is C15H23N5. The fourth-order valence-electron chi connectivity index (χ4n) is 2.15. The van der Waals surface area contributed by atoms with Crippen molar-refractivity contribution >= 4 is 17.3 Å². The van der Waals surface area contributed by atoms with Crippen molar-refractivity contribution in [3.05, 3.63) is 37.0 Å². The molecule has 5 heteroatoms. The van der Waals surface area contributed by atoms with Gasteiger partial charge in [-0.2, -0.15) is 0 Å². The fourth-order valence-corrected chi connectivity index (χ4v) is 2.15. The molecule has 0 spiro atoms. The molecular weight excluding hydrogens is 250 g/mol. The van der Waals surface area contributed by atoms with Gasteiger partial charge in [0.15, 0.2) is 0 Å². The minimum Gasteiger partial charge on any atom is -0.369 e. The highest BCUT2D eigenvalue weighted by molar-refractivity contribution is 5.93. The van der Waals surface area contributed by atoms with Crippen LogP contribution >= 0.6 is 0 Å². The zero-order valence-corrected chi connectivity index (χ0v) is 12.3. The lowest BCUT2D eigenvalue weighted by molar-refractivity contribution is 0.589. The van der Waals surface area contributed by atoms with Crippen molar-refractivity contribution in [2.45, 2.75) is 0 Å². The molecule has 20 heavy (non-hydrogen) atoms. The van der Waals surface area contributed by atoms with Crippen molar-refractivity contribution in [2.24, 2.45) is 4.99 Å². The number of anilines is 2. The lowest BCUT2D eigenvalue weighted by atomic mass is 10.2. The molecule has 0 aliphatic carbocycles. The van der Waals surface area contributed by atoms with Gasteiger partial charge in [-0.1, -0.05) is 6.58 Å². The largest absolute Gasteiger partial charge is 0.369 e. The van der Waals surface area contributed by atoms with Crippen LogP contribution in [0.3, 0.4) is 0 Å². The maximum Gasteiger partial charge on any atom is 0.202 e. The molecule has 0 aromatic heterocycles. The van der Waals surface area contributed by atoms with E-state index in [9.17, 15) is 0 Å². The highest BCUT2D eigenvalue weighted by Gasteiger charge is 2.10. The third-order valence-electron chi connectivity index (χ3n) is 3.24. The van der Waals surface area contributed by atoms with Crippen LogP contribution in [0.15, 0.2) is 42.0 Å². The second-order valence-corrected chi connectivity index (χ2v) is 4.94. The van der Waals surface area contributed by atoms with Gasteiger partial charge in [0.2, 0.25) is 5.96 Å². The van der Waals surface area contributed by atoms with Crippen LogP contribution in [0.1, 0.15) is 0 Å². The predicted molar refractivity (Wildman–Crippen MR) is 86.5 cm³/mol. The molecule has 5 nitrogen and oxygen atoms in total. The van der Waals surface area contributed by atoms with Crippen LogP contribution in [-0.2, 0) is 0 Å². The van der Waals surface area contributed by atoms with Crippen LogP contribution in [0.2, 0.25) is 0 Å². The normalized spacial score (nSPS) is 15.9. The van der Waals surface area contributed by atoms with Crippen LogP contribution in [0, 0.1) is 0 Å². The Kier molecular flexibility index (Phi) is 5.01. The summed E-state index contributed by atoms with van der Waals surface area (Å²) in [6, 6.07) is 8.46. The fraction of sp³-hybridized carbons (Fsp3) is 0.400. The van der Waals surface area contributed by atoms with Crippen LogP contribution in [0.5, 0.6) is 0 Å². The zero-order valence-electron chi connectivity index (χ0n) is 12.3. The molecule has 0 atom stereocenters. The number of hydrogen-bond donors (Lipinski definition) is 2. The summed E-state index contributed by atoms with van der Waals surface area (Å²) >= 11 is 0. The van der Waals surface area contributed by atoms with E-state index >= 15 is 0 Å². The molecule has 1 fully saturated rings. The smallest absolute Gasteiger partial charge is 0.202 e. The van der Waals surface area contributed by atoms with Crippen molar-refractivity contribution in [3.8, 4) is 0 Å². The quantitative estimate of drug-likeness (QED) is 0.648. The van der Waals surface area contributed by atoms with Crippen molar-refractivity contribution in [2.75, 3.05) is 50.5 Å². The summed E-state index contributed by atoms with van der Waals surface area (Å²) in [4.78, 5) is 8.52. The number of guanidine groups is 1.